The molecule has 0 aliphatic rings. The maximum absolute atomic E-state index is 9.56. The van der Waals surface area contributed by atoms with E-state index in [4.69, 9.17) is 17.3 Å². The van der Waals surface area contributed by atoms with Gasteiger partial charge in [0, 0.05) is 12.7 Å². The average Bonchev–Trinajstić information content (AvgIpc) is 2.97. The van der Waals surface area contributed by atoms with E-state index in [2.05, 4.69) is 30.9 Å². The summed E-state index contributed by atoms with van der Waals surface area (Å²) in [6, 6.07) is 5.04. The van der Waals surface area contributed by atoms with Crippen molar-refractivity contribution in [1.29, 1.82) is 0 Å². The van der Waals surface area contributed by atoms with Crippen LogP contribution >= 0.6 is 11.6 Å². The summed E-state index contributed by atoms with van der Waals surface area (Å²) >= 11 is 6.09. The van der Waals surface area contributed by atoms with E-state index in [0.717, 1.165) is 0 Å². The number of hydrogen-bond acceptors (Lipinski definition) is 8. The van der Waals surface area contributed by atoms with Crippen LogP contribution in [0, 0.1) is 5.92 Å². The summed E-state index contributed by atoms with van der Waals surface area (Å²) in [7, 11) is 1.75. The molecule has 0 amide bonds. The van der Waals surface area contributed by atoms with E-state index in [1.54, 1.807) is 29.9 Å². The number of nitrogen functional groups attached to an aromatic ring is 1. The number of aliphatic hydroxyl groups excluding tert-OH is 1. The van der Waals surface area contributed by atoms with Crippen molar-refractivity contribution >= 4 is 45.9 Å². The molecule has 1 atom stereocenters. The maximum Gasteiger partial charge on any atom is 0.227 e. The molecule has 2 aromatic heterocycles. The zero-order valence-electron chi connectivity index (χ0n) is 14.7. The molecule has 0 saturated carbocycles. The van der Waals surface area contributed by atoms with Crippen molar-refractivity contribution in [2.45, 2.75) is 19.9 Å². The molecule has 3 rings (SSSR count). The second-order valence-corrected chi connectivity index (χ2v) is 6.73. The van der Waals surface area contributed by atoms with Gasteiger partial charge in [-0.25, -0.2) is 4.68 Å². The summed E-state index contributed by atoms with van der Waals surface area (Å²) in [5, 5.41) is 24.5. The molecule has 0 spiro atoms. The first kappa shape index (κ1) is 18.2. The van der Waals surface area contributed by atoms with E-state index in [1.165, 1.54) is 0 Å². The number of hydrogen-bond donors (Lipinski definition) is 4. The number of nitrogens with zero attached hydrogens (tertiary/aromatic N) is 5. The van der Waals surface area contributed by atoms with E-state index >= 15 is 0 Å². The Labute approximate surface area is 155 Å². The predicted octanol–water partition coefficient (Wildman–Crippen LogP) is 2.17. The molecule has 138 valence electrons. The largest absolute Gasteiger partial charge is 0.398 e. The normalized spacial score (nSPS) is 12.5. The Kier molecular flexibility index (Phi) is 5.10. The topological polar surface area (TPSA) is 127 Å². The van der Waals surface area contributed by atoms with Crippen molar-refractivity contribution < 1.29 is 5.11 Å². The van der Waals surface area contributed by atoms with Gasteiger partial charge in [0.05, 0.1) is 23.4 Å². The fourth-order valence-electron chi connectivity index (χ4n) is 2.40. The number of aliphatic hydroxyl groups is 1. The minimum atomic E-state index is -0.174. The fraction of sp³-hybridized carbons (Fsp3) is 0.375. The first-order chi connectivity index (χ1) is 12.4. The van der Waals surface area contributed by atoms with Gasteiger partial charge in [-0.1, -0.05) is 30.7 Å². The van der Waals surface area contributed by atoms with Gasteiger partial charge < -0.3 is 21.5 Å². The first-order valence-electron chi connectivity index (χ1n) is 8.16. The van der Waals surface area contributed by atoms with Crippen molar-refractivity contribution in [2.75, 3.05) is 23.0 Å². The van der Waals surface area contributed by atoms with Crippen LogP contribution in [0.15, 0.2) is 18.2 Å². The lowest BCUT2D eigenvalue weighted by Gasteiger charge is -2.20. The first-order valence-corrected chi connectivity index (χ1v) is 8.53. The highest BCUT2D eigenvalue weighted by molar-refractivity contribution is 6.33. The molecule has 10 heteroatoms. The Bertz CT molecular complexity index is 926. The van der Waals surface area contributed by atoms with Gasteiger partial charge in [-0.05, 0) is 24.1 Å². The third kappa shape index (κ3) is 3.63. The second kappa shape index (κ2) is 7.30. The van der Waals surface area contributed by atoms with Crippen molar-refractivity contribution in [3.8, 4) is 0 Å². The molecule has 26 heavy (non-hydrogen) atoms. The minimum absolute atomic E-state index is 0.0287. The highest BCUT2D eigenvalue weighted by Crippen LogP contribution is 2.27. The van der Waals surface area contributed by atoms with Gasteiger partial charge >= 0.3 is 0 Å². The van der Waals surface area contributed by atoms with Gasteiger partial charge in [-0.2, -0.15) is 9.97 Å². The van der Waals surface area contributed by atoms with Crippen LogP contribution in [0.2, 0.25) is 5.02 Å². The molecular formula is C16H21ClN8O. The van der Waals surface area contributed by atoms with Crippen molar-refractivity contribution in [3.63, 3.8) is 0 Å². The zero-order valence-corrected chi connectivity index (χ0v) is 15.5. The molecule has 0 saturated heterocycles. The van der Waals surface area contributed by atoms with Crippen molar-refractivity contribution in [2.24, 2.45) is 13.0 Å². The summed E-state index contributed by atoms with van der Waals surface area (Å²) in [6.45, 7) is 3.99. The molecule has 3 aromatic rings. The Morgan fingerprint density at radius 3 is 2.73 bits per heavy atom. The SMILES string of the molecule is CC(C)[C@H](CO)Nc1nc(Nc2ccc(N)c(Cl)c2)c2nnn(C)c2n1. The molecule has 2 heterocycles. The smallest absolute Gasteiger partial charge is 0.227 e. The van der Waals surface area contributed by atoms with E-state index in [1.807, 2.05) is 13.8 Å². The van der Waals surface area contributed by atoms with Crippen LogP contribution < -0.4 is 16.4 Å². The summed E-state index contributed by atoms with van der Waals surface area (Å²) in [6.07, 6.45) is 0. The molecular weight excluding hydrogens is 356 g/mol. The van der Waals surface area contributed by atoms with Gasteiger partial charge in [-0.3, -0.25) is 0 Å². The summed E-state index contributed by atoms with van der Waals surface area (Å²) in [5.41, 5.74) is 8.05. The molecule has 1 aromatic carbocycles. The van der Waals surface area contributed by atoms with Crippen LogP contribution in [0.25, 0.3) is 11.2 Å². The van der Waals surface area contributed by atoms with E-state index in [0.29, 0.717) is 39.3 Å². The summed E-state index contributed by atoms with van der Waals surface area (Å²) < 4.78 is 1.56. The van der Waals surface area contributed by atoms with Crippen LogP contribution in [-0.2, 0) is 7.05 Å². The van der Waals surface area contributed by atoms with Gasteiger partial charge in [0.25, 0.3) is 0 Å². The highest BCUT2D eigenvalue weighted by Gasteiger charge is 2.18. The van der Waals surface area contributed by atoms with E-state index in [-0.39, 0.29) is 18.6 Å². The molecule has 5 N–H and O–H groups in total. The van der Waals surface area contributed by atoms with Crippen LogP contribution in [0.5, 0.6) is 0 Å². The standard InChI is InChI=1S/C16H21ClN8O/c1-8(2)12(7-26)20-16-21-14(13-15(22-16)25(3)24-23-13)19-9-4-5-11(18)10(17)6-9/h4-6,8,12,26H,7,18H2,1-3H3,(H2,19,20,21,22)/t12-/m0/s1. The van der Waals surface area contributed by atoms with E-state index in [9.17, 15) is 5.11 Å². The maximum atomic E-state index is 9.56. The fourth-order valence-corrected chi connectivity index (χ4v) is 2.58. The zero-order chi connectivity index (χ0) is 18.8. The molecule has 0 unspecified atom stereocenters. The molecule has 0 fully saturated rings. The molecule has 0 aliphatic carbocycles. The third-order valence-electron chi connectivity index (χ3n) is 4.03. The number of nitrogens with two attached hydrogens (primary N) is 1. The Morgan fingerprint density at radius 2 is 2.08 bits per heavy atom. The number of halogens is 1. The van der Waals surface area contributed by atoms with Gasteiger partial charge in [0.2, 0.25) is 5.95 Å². The molecule has 0 bridgehead atoms. The number of anilines is 4. The number of aromatic nitrogens is 5. The van der Waals surface area contributed by atoms with E-state index < -0.39 is 0 Å². The van der Waals surface area contributed by atoms with Crippen LogP contribution in [-0.4, -0.2) is 42.7 Å². The number of rotatable bonds is 6. The lowest BCUT2D eigenvalue weighted by Crippen LogP contribution is -2.30. The quantitative estimate of drug-likeness (QED) is 0.482. The second-order valence-electron chi connectivity index (χ2n) is 6.32. The number of benzene rings is 1. The van der Waals surface area contributed by atoms with Crippen LogP contribution in [0.1, 0.15) is 13.8 Å². The van der Waals surface area contributed by atoms with Crippen LogP contribution in [0.3, 0.4) is 0 Å². The van der Waals surface area contributed by atoms with Gasteiger partial charge in [-0.15, -0.1) is 5.10 Å². The molecule has 0 radical (unpaired) electrons. The molecule has 9 nitrogen and oxygen atoms in total. The third-order valence-corrected chi connectivity index (χ3v) is 4.36. The van der Waals surface area contributed by atoms with Gasteiger partial charge in [0.1, 0.15) is 0 Å². The number of fused-ring (bicyclic) bond motifs is 1. The Morgan fingerprint density at radius 1 is 1.31 bits per heavy atom. The van der Waals surface area contributed by atoms with Crippen LogP contribution in [0.4, 0.5) is 23.1 Å². The number of aryl methyl sites for hydroxylation is 1. The lowest BCUT2D eigenvalue weighted by atomic mass is 10.1. The Balaban J connectivity index is 2.01. The molecule has 0 aliphatic heterocycles. The summed E-state index contributed by atoms with van der Waals surface area (Å²) in [4.78, 5) is 8.95. The van der Waals surface area contributed by atoms with Crippen molar-refractivity contribution in [3.05, 3.63) is 23.2 Å². The Hall–Kier alpha value is -2.65. The highest BCUT2D eigenvalue weighted by atomic mass is 35.5. The number of nitrogens with one attached hydrogen (secondary N) is 2. The lowest BCUT2D eigenvalue weighted by molar-refractivity contribution is 0.248. The summed E-state index contributed by atoms with van der Waals surface area (Å²) in [5.74, 6) is 1.06. The minimum Gasteiger partial charge on any atom is -0.398 e. The van der Waals surface area contributed by atoms with Crippen molar-refractivity contribution in [1.82, 2.24) is 25.0 Å². The average molecular weight is 377 g/mol. The predicted molar refractivity (Wildman–Crippen MR) is 103 cm³/mol. The monoisotopic (exact) mass is 376 g/mol. The van der Waals surface area contributed by atoms with Gasteiger partial charge in [0.15, 0.2) is 17.0 Å².